The van der Waals surface area contributed by atoms with Gasteiger partial charge >= 0.3 is 0 Å². The number of ether oxygens (including phenoxy) is 1. The summed E-state index contributed by atoms with van der Waals surface area (Å²) in [7, 11) is 0. The lowest BCUT2D eigenvalue weighted by Crippen LogP contribution is -2.31. The van der Waals surface area contributed by atoms with Crippen LogP contribution in [-0.4, -0.2) is 42.9 Å². The van der Waals surface area contributed by atoms with Crippen molar-refractivity contribution in [2.45, 2.75) is 12.8 Å². The predicted octanol–water partition coefficient (Wildman–Crippen LogP) is 0.135. The fourth-order valence-electron chi connectivity index (χ4n) is 1.74. The Morgan fingerprint density at radius 1 is 1.43 bits per heavy atom. The second-order valence-corrected chi connectivity index (χ2v) is 3.60. The van der Waals surface area contributed by atoms with Crippen molar-refractivity contribution in [1.29, 1.82) is 0 Å². The Balaban J connectivity index is 1.94. The van der Waals surface area contributed by atoms with Gasteiger partial charge in [0.2, 0.25) is 5.78 Å². The molecular formula is C10H13NO3. The molecule has 0 aromatic carbocycles. The summed E-state index contributed by atoms with van der Waals surface area (Å²) < 4.78 is 5.26. The number of amides is 1. The molecule has 4 nitrogen and oxygen atoms in total. The summed E-state index contributed by atoms with van der Waals surface area (Å²) in [4.78, 5) is 23.9. The smallest absolute Gasteiger partial charge is 0.290 e. The second-order valence-electron chi connectivity index (χ2n) is 3.60. The molecule has 0 aliphatic carbocycles. The summed E-state index contributed by atoms with van der Waals surface area (Å²) in [5, 5.41) is 0. The van der Waals surface area contributed by atoms with Crippen LogP contribution in [0.2, 0.25) is 0 Å². The topological polar surface area (TPSA) is 46.6 Å². The van der Waals surface area contributed by atoms with Crippen LogP contribution in [0.3, 0.4) is 0 Å². The zero-order chi connectivity index (χ0) is 9.97. The van der Waals surface area contributed by atoms with Crippen molar-refractivity contribution >= 4 is 11.7 Å². The van der Waals surface area contributed by atoms with Crippen molar-refractivity contribution in [3.63, 3.8) is 0 Å². The first-order valence-electron chi connectivity index (χ1n) is 4.85. The largest absolute Gasteiger partial charge is 0.377 e. The van der Waals surface area contributed by atoms with E-state index in [4.69, 9.17) is 4.74 Å². The van der Waals surface area contributed by atoms with Gasteiger partial charge in [-0.3, -0.25) is 9.59 Å². The van der Waals surface area contributed by atoms with E-state index in [1.165, 1.54) is 0 Å². The minimum atomic E-state index is -0.337. The van der Waals surface area contributed by atoms with E-state index in [0.717, 1.165) is 18.6 Å². The number of carbonyl (C=O) groups excluding carboxylic acids is 2. The van der Waals surface area contributed by atoms with Crippen molar-refractivity contribution in [2.75, 3.05) is 26.3 Å². The average molecular weight is 195 g/mol. The maximum Gasteiger partial charge on any atom is 0.290 e. The molecule has 0 unspecified atom stereocenters. The van der Waals surface area contributed by atoms with Crippen LogP contribution in [0.4, 0.5) is 0 Å². The number of Topliss-reactive ketones (excluding diaryl/α,β-unsaturated/α-hetero) is 1. The van der Waals surface area contributed by atoms with Crippen LogP contribution in [0.5, 0.6) is 0 Å². The van der Waals surface area contributed by atoms with Crippen LogP contribution >= 0.6 is 0 Å². The zero-order valence-electron chi connectivity index (χ0n) is 7.99. The summed E-state index contributed by atoms with van der Waals surface area (Å²) in [5.41, 5.74) is 1.11. The van der Waals surface area contributed by atoms with Gasteiger partial charge in [0.1, 0.15) is 0 Å². The van der Waals surface area contributed by atoms with E-state index in [1.807, 2.05) is 0 Å². The Kier molecular flexibility index (Phi) is 2.63. The Morgan fingerprint density at radius 2 is 2.29 bits per heavy atom. The van der Waals surface area contributed by atoms with Crippen LogP contribution in [-0.2, 0) is 14.3 Å². The van der Waals surface area contributed by atoms with Crippen molar-refractivity contribution in [3.05, 3.63) is 11.6 Å². The number of likely N-dealkylation sites (tertiary alicyclic amines) is 1. The third-order valence-electron chi connectivity index (χ3n) is 2.51. The fourth-order valence-corrected chi connectivity index (χ4v) is 1.74. The molecule has 0 atom stereocenters. The molecule has 1 saturated heterocycles. The second kappa shape index (κ2) is 3.92. The van der Waals surface area contributed by atoms with Crippen LogP contribution < -0.4 is 0 Å². The van der Waals surface area contributed by atoms with E-state index in [0.29, 0.717) is 26.1 Å². The van der Waals surface area contributed by atoms with Crippen molar-refractivity contribution < 1.29 is 14.3 Å². The number of carbonyl (C=O) groups is 2. The molecule has 0 radical (unpaired) electrons. The van der Waals surface area contributed by atoms with Gasteiger partial charge in [-0.2, -0.15) is 0 Å². The highest BCUT2D eigenvalue weighted by atomic mass is 16.5. The number of nitrogens with zero attached hydrogens (tertiary/aromatic N) is 1. The van der Waals surface area contributed by atoms with E-state index in [-0.39, 0.29) is 11.7 Å². The molecular weight excluding hydrogens is 182 g/mol. The third kappa shape index (κ3) is 1.85. The lowest BCUT2D eigenvalue weighted by Gasteiger charge is -2.19. The molecule has 0 bridgehead atoms. The van der Waals surface area contributed by atoms with E-state index in [9.17, 15) is 9.59 Å². The fraction of sp³-hybridized carbons (Fsp3) is 0.600. The molecule has 14 heavy (non-hydrogen) atoms. The summed E-state index contributed by atoms with van der Waals surface area (Å²) in [6, 6.07) is 0. The van der Waals surface area contributed by atoms with Crippen LogP contribution in [0.25, 0.3) is 0 Å². The van der Waals surface area contributed by atoms with Gasteiger partial charge in [0.05, 0.1) is 13.2 Å². The van der Waals surface area contributed by atoms with E-state index in [2.05, 4.69) is 6.08 Å². The summed E-state index contributed by atoms with van der Waals surface area (Å²) in [6.45, 7) is 2.48. The van der Waals surface area contributed by atoms with Crippen LogP contribution in [0, 0.1) is 0 Å². The molecule has 2 aliphatic heterocycles. The molecule has 2 rings (SSSR count). The number of hydrogen-bond acceptors (Lipinski definition) is 3. The first kappa shape index (κ1) is 9.40. The minimum absolute atomic E-state index is 0.262. The number of hydrogen-bond donors (Lipinski definition) is 0. The number of ketones is 1. The van der Waals surface area contributed by atoms with E-state index < -0.39 is 0 Å². The minimum Gasteiger partial charge on any atom is -0.377 e. The highest BCUT2D eigenvalue weighted by Crippen LogP contribution is 2.12. The maximum absolute atomic E-state index is 11.3. The Morgan fingerprint density at radius 3 is 2.86 bits per heavy atom. The van der Waals surface area contributed by atoms with Gasteiger partial charge in [0.15, 0.2) is 0 Å². The molecule has 0 spiro atoms. The monoisotopic (exact) mass is 195 g/mol. The molecule has 1 fully saturated rings. The molecule has 76 valence electrons. The predicted molar refractivity (Wildman–Crippen MR) is 49.7 cm³/mol. The van der Waals surface area contributed by atoms with Crippen LogP contribution in [0.1, 0.15) is 12.8 Å². The Bertz CT molecular complexity index is 296. The highest BCUT2D eigenvalue weighted by molar-refractivity contribution is 6.37. The quantitative estimate of drug-likeness (QED) is 0.465. The first-order chi connectivity index (χ1) is 6.77. The van der Waals surface area contributed by atoms with Crippen molar-refractivity contribution in [2.24, 2.45) is 0 Å². The summed E-state index contributed by atoms with van der Waals surface area (Å²) >= 11 is 0. The molecule has 2 aliphatic rings. The highest BCUT2D eigenvalue weighted by Gasteiger charge is 2.29. The first-order valence-corrected chi connectivity index (χ1v) is 4.85. The summed E-state index contributed by atoms with van der Waals surface area (Å²) in [6.07, 6.45) is 3.37. The molecule has 0 saturated carbocycles. The van der Waals surface area contributed by atoms with Gasteiger partial charge in [0.25, 0.3) is 5.91 Å². The van der Waals surface area contributed by atoms with Gasteiger partial charge in [-0.1, -0.05) is 6.08 Å². The van der Waals surface area contributed by atoms with Gasteiger partial charge in [0, 0.05) is 19.5 Å². The zero-order valence-corrected chi connectivity index (χ0v) is 7.99. The average Bonchev–Trinajstić information content (AvgIpc) is 2.52. The third-order valence-corrected chi connectivity index (χ3v) is 2.51. The standard InChI is InChI=1S/C10H13NO3/c12-9-3-4-11(10(9)13)6-8-2-1-5-14-7-8/h2H,1,3-7H2. The Hall–Kier alpha value is -1.16. The Labute approximate surface area is 82.5 Å². The molecule has 0 N–H and O–H groups in total. The van der Waals surface area contributed by atoms with Gasteiger partial charge in [-0.15, -0.1) is 0 Å². The molecule has 2 heterocycles. The molecule has 0 aromatic rings. The molecule has 4 heteroatoms. The van der Waals surface area contributed by atoms with Gasteiger partial charge < -0.3 is 9.64 Å². The molecule has 0 aromatic heterocycles. The van der Waals surface area contributed by atoms with Gasteiger partial charge in [-0.05, 0) is 12.0 Å². The maximum atomic E-state index is 11.3. The number of rotatable bonds is 2. The summed E-state index contributed by atoms with van der Waals surface area (Å²) in [5.74, 6) is -0.598. The van der Waals surface area contributed by atoms with E-state index >= 15 is 0 Å². The molecule has 1 amide bonds. The van der Waals surface area contributed by atoms with Crippen LogP contribution in [0.15, 0.2) is 11.6 Å². The van der Waals surface area contributed by atoms with Gasteiger partial charge in [-0.25, -0.2) is 0 Å². The lowest BCUT2D eigenvalue weighted by atomic mass is 10.2. The van der Waals surface area contributed by atoms with E-state index in [1.54, 1.807) is 4.90 Å². The van der Waals surface area contributed by atoms with Crippen molar-refractivity contribution in [1.82, 2.24) is 4.90 Å². The lowest BCUT2D eigenvalue weighted by molar-refractivity contribution is -0.139. The SMILES string of the molecule is O=C1CCN(CC2=CCCOC2)C1=O. The van der Waals surface area contributed by atoms with Crippen molar-refractivity contribution in [3.8, 4) is 0 Å². The normalized spacial score (nSPS) is 22.9.